The molecule has 18 heteroatoms. The van der Waals surface area contributed by atoms with Crippen molar-refractivity contribution in [2.45, 2.75) is 149 Å². The molecule has 2 aromatic heterocycles. The number of benzene rings is 1. The van der Waals surface area contributed by atoms with Crippen molar-refractivity contribution in [2.75, 3.05) is 52.1 Å². The summed E-state index contributed by atoms with van der Waals surface area (Å²) in [5.74, 6) is -0.416. The maximum Gasteiger partial charge on any atom is 0.243 e. The molecule has 3 aromatic rings. The zero-order chi connectivity index (χ0) is 53.4. The van der Waals surface area contributed by atoms with Gasteiger partial charge in [0.05, 0.1) is 45.4 Å². The second kappa shape index (κ2) is 24.8. The number of aryl methyl sites for hydroxylation is 2. The third-order valence-electron chi connectivity index (χ3n) is 15.8. The van der Waals surface area contributed by atoms with Gasteiger partial charge < -0.3 is 46.0 Å². The summed E-state index contributed by atoms with van der Waals surface area (Å²) in [5.41, 5.74) is 20.8. The average molecular weight is 1060 g/mol. The van der Waals surface area contributed by atoms with E-state index in [9.17, 15) is 19.6 Å². The summed E-state index contributed by atoms with van der Waals surface area (Å²) < 4.78 is 5.79. The molecule has 0 radical (unpaired) electrons. The summed E-state index contributed by atoms with van der Waals surface area (Å²) >= 11 is 3.14. The van der Waals surface area contributed by atoms with E-state index in [1.54, 1.807) is 27.6 Å². The van der Waals surface area contributed by atoms with Gasteiger partial charge in [0.15, 0.2) is 11.7 Å². The molecule has 0 spiro atoms. The maximum absolute atomic E-state index is 13.9. The van der Waals surface area contributed by atoms with Gasteiger partial charge in [-0.15, -0.1) is 22.7 Å². The Hall–Kier alpha value is -6.03. The lowest BCUT2D eigenvalue weighted by Crippen LogP contribution is -2.54. The summed E-state index contributed by atoms with van der Waals surface area (Å²) in [6.07, 6.45) is 15.7. The number of guanidine groups is 1. The van der Waals surface area contributed by atoms with E-state index in [4.69, 9.17) is 31.2 Å². The second-order valence-corrected chi connectivity index (χ2v) is 23.4. The van der Waals surface area contributed by atoms with Crippen LogP contribution in [0.4, 0.5) is 5.00 Å². The number of rotatable bonds is 19. The van der Waals surface area contributed by atoms with Crippen LogP contribution in [0.25, 0.3) is 10.4 Å². The first-order valence-corrected chi connectivity index (χ1v) is 28.8. The Morgan fingerprint density at radius 2 is 1.88 bits per heavy atom. The molecular weight excluding hydrogens is 983 g/mol. The lowest BCUT2D eigenvalue weighted by atomic mass is 9.69. The number of nitrogens with zero attached hydrogens (tertiary/aromatic N) is 8. The molecule has 4 aliphatic heterocycles. The second-order valence-electron chi connectivity index (χ2n) is 21.4. The number of nitrogens with one attached hydrogen (secondary N) is 1. The molecule has 1 aromatic carbocycles. The van der Waals surface area contributed by atoms with E-state index in [0.29, 0.717) is 49.5 Å². The van der Waals surface area contributed by atoms with Gasteiger partial charge in [-0.25, -0.2) is 9.98 Å². The van der Waals surface area contributed by atoms with Gasteiger partial charge in [0.2, 0.25) is 17.8 Å². The molecule has 2 unspecified atom stereocenters. The van der Waals surface area contributed by atoms with Gasteiger partial charge in [-0.05, 0) is 126 Å². The maximum atomic E-state index is 13.9. The molecule has 5 aliphatic rings. The number of hydrogen-bond acceptors (Lipinski definition) is 16. The first-order valence-electron chi connectivity index (χ1n) is 27.1. The fourth-order valence-electron chi connectivity index (χ4n) is 11.8. The Balaban J connectivity index is 0.751. The summed E-state index contributed by atoms with van der Waals surface area (Å²) in [4.78, 5) is 67.8. The predicted molar refractivity (Wildman–Crippen MR) is 298 cm³/mol. The van der Waals surface area contributed by atoms with E-state index in [1.165, 1.54) is 16.5 Å². The van der Waals surface area contributed by atoms with Gasteiger partial charge in [-0.1, -0.05) is 63.0 Å². The molecule has 16 nitrogen and oxygen atoms in total. The molecule has 75 heavy (non-hydrogen) atoms. The highest BCUT2D eigenvalue weighted by molar-refractivity contribution is 7.16. The topological polar surface area (TPSA) is 208 Å². The number of nitriles is 1. The normalized spacial score (nSPS) is 22.8. The number of fused-ring (bicyclic) bond motifs is 1. The molecule has 402 valence electrons. The van der Waals surface area contributed by atoms with Crippen LogP contribution in [0.5, 0.6) is 0 Å². The number of ketones is 1. The van der Waals surface area contributed by atoms with Crippen molar-refractivity contribution in [2.24, 2.45) is 27.7 Å². The van der Waals surface area contributed by atoms with Crippen LogP contribution in [0.15, 0.2) is 75.5 Å². The number of unbranched alkanes of at least 4 members (excludes halogenated alkanes) is 3. The van der Waals surface area contributed by atoms with Crippen molar-refractivity contribution in [1.82, 2.24) is 29.9 Å². The van der Waals surface area contributed by atoms with Gasteiger partial charge in [-0.3, -0.25) is 14.4 Å². The molecule has 5 atom stereocenters. The first-order chi connectivity index (χ1) is 36.1. The monoisotopic (exact) mass is 1060 g/mol. The molecule has 6 heterocycles. The average Bonchev–Trinajstić information content (AvgIpc) is 4.13. The number of aromatic nitrogens is 1. The number of nitrogens with two attached hydrogens (primary N) is 2. The van der Waals surface area contributed by atoms with E-state index < -0.39 is 23.2 Å². The summed E-state index contributed by atoms with van der Waals surface area (Å²) in [7, 11) is 2.11. The number of oxime groups is 1. The number of likely N-dealkylation sites (N-methyl/N-ethyl adjacent to an activating group) is 1. The van der Waals surface area contributed by atoms with Gasteiger partial charge in [0.25, 0.3) is 0 Å². The van der Waals surface area contributed by atoms with Gasteiger partial charge in [-0.2, -0.15) is 5.26 Å². The van der Waals surface area contributed by atoms with Crippen molar-refractivity contribution < 1.29 is 24.0 Å². The number of hydrogen-bond donors (Lipinski definition) is 3. The molecule has 0 saturated carbocycles. The van der Waals surface area contributed by atoms with E-state index in [1.807, 2.05) is 56.7 Å². The van der Waals surface area contributed by atoms with Crippen LogP contribution in [-0.4, -0.2) is 118 Å². The van der Waals surface area contributed by atoms with Gasteiger partial charge in [0, 0.05) is 62.8 Å². The van der Waals surface area contributed by atoms with Crippen LogP contribution < -0.4 is 16.8 Å². The standard InChI is InChI=1S/C57H77N11O5S2/c1-8-40-30-43(64-73-52(40)57(6)23-13-17-47-50(57)42(32-58)53(60)75-47)44-22-24-61-56(65(44)7)67-28-15-26-66(34-37(67)4)25-11-9-10-12-29-72-48(59)31-46(69)49(36(2)3)55(71)68-27-14-16-45(68)54(70)62-33-39-18-20-41(21-19-39)51-38(5)63-35-74-51/h18-22,24,31,35-37,44-45,49H,8-17,23,25-30,33-34,59-60H2,1-7H3,(H,62,70)/b48-31+/t37-,44?,45-,49?,57-/m0/s1. The summed E-state index contributed by atoms with van der Waals surface area (Å²) in [5, 5.41) is 18.5. The van der Waals surface area contributed by atoms with Crippen molar-refractivity contribution in [3.8, 4) is 16.5 Å². The Labute approximate surface area is 451 Å². The van der Waals surface area contributed by atoms with Crippen molar-refractivity contribution in [3.63, 3.8) is 0 Å². The zero-order valence-corrected chi connectivity index (χ0v) is 46.7. The van der Waals surface area contributed by atoms with E-state index in [0.717, 1.165) is 129 Å². The molecule has 2 fully saturated rings. The van der Waals surface area contributed by atoms with Crippen molar-refractivity contribution in [3.05, 3.63) is 92.6 Å². The van der Waals surface area contributed by atoms with E-state index in [-0.39, 0.29) is 35.7 Å². The molecule has 2 saturated heterocycles. The number of ether oxygens (including phenoxy) is 1. The predicted octanol–water partition coefficient (Wildman–Crippen LogP) is 8.77. The molecule has 0 bridgehead atoms. The number of thiophene rings is 1. The number of thiazole rings is 1. The minimum absolute atomic E-state index is 0.00400. The Morgan fingerprint density at radius 1 is 1.09 bits per heavy atom. The van der Waals surface area contributed by atoms with E-state index in [2.05, 4.69) is 65.0 Å². The lowest BCUT2D eigenvalue weighted by molar-refractivity contribution is -0.146. The quantitative estimate of drug-likeness (QED) is 0.0446. The largest absolute Gasteiger partial charge is 0.479 e. The summed E-state index contributed by atoms with van der Waals surface area (Å²) in [6.45, 7) is 17.3. The van der Waals surface area contributed by atoms with Crippen molar-refractivity contribution >= 4 is 56.9 Å². The minimum Gasteiger partial charge on any atom is -0.479 e. The van der Waals surface area contributed by atoms with Crippen LogP contribution >= 0.6 is 22.7 Å². The van der Waals surface area contributed by atoms with Gasteiger partial charge in [0.1, 0.15) is 28.8 Å². The number of anilines is 1. The number of amides is 2. The SMILES string of the molecule is CCC1=C([C@@]2(C)CCCc3sc(N)c(C#N)c32)ON=C(C2C=CN=C(N3CCCN(CCCCCCO/C(N)=C/C(=O)C(C(=O)N4CCC[C@H]4C(=O)NCc4ccc(-c5scnc5C)cc4)C(C)C)C[C@@H]3C)N2C)C1. The highest BCUT2D eigenvalue weighted by Crippen LogP contribution is 2.51. The summed E-state index contributed by atoms with van der Waals surface area (Å²) in [6, 6.07) is 9.96. The molecule has 8 rings (SSSR count). The Kier molecular flexibility index (Phi) is 18.2. The smallest absolute Gasteiger partial charge is 0.243 e. The van der Waals surface area contributed by atoms with Crippen LogP contribution in [0.3, 0.4) is 0 Å². The number of aliphatic imine (C=N–C) groups is 1. The number of allylic oxidation sites excluding steroid dienone is 3. The number of likely N-dealkylation sites (tertiary alicyclic amines) is 1. The fraction of sp³-hybridized carbons (Fsp3) is 0.561. The number of carbonyl (C=O) groups is 3. The Bertz CT molecular complexity index is 2750. The molecular formula is C57H77N11O5S2. The van der Waals surface area contributed by atoms with Crippen molar-refractivity contribution in [1.29, 1.82) is 5.26 Å². The zero-order valence-electron chi connectivity index (χ0n) is 45.0. The van der Waals surface area contributed by atoms with Crippen LogP contribution in [-0.2, 0) is 42.3 Å². The highest BCUT2D eigenvalue weighted by atomic mass is 32.1. The fourth-order valence-corrected chi connectivity index (χ4v) is 13.8. The molecule has 1 aliphatic carbocycles. The molecule has 2 amide bonds. The van der Waals surface area contributed by atoms with Crippen LogP contribution in [0.1, 0.15) is 133 Å². The lowest BCUT2D eigenvalue weighted by Gasteiger charge is -2.41. The van der Waals surface area contributed by atoms with Gasteiger partial charge >= 0.3 is 0 Å². The number of carbonyl (C=O) groups excluding carboxylic acids is 3. The third-order valence-corrected chi connectivity index (χ3v) is 17.9. The van der Waals surface area contributed by atoms with E-state index >= 15 is 0 Å². The molecule has 5 N–H and O–H groups in total. The highest BCUT2D eigenvalue weighted by Gasteiger charge is 2.45. The van der Waals surface area contributed by atoms with Crippen LogP contribution in [0, 0.1) is 30.1 Å². The first kappa shape index (κ1) is 55.2. The number of nitrogen functional groups attached to an aromatic ring is 1. The third kappa shape index (κ3) is 12.3. The minimum atomic E-state index is -0.969. The van der Waals surface area contributed by atoms with Crippen LogP contribution in [0.2, 0.25) is 0 Å². The Morgan fingerprint density at radius 3 is 2.61 bits per heavy atom.